The highest BCUT2D eigenvalue weighted by Crippen LogP contribution is 2.25. The Balaban J connectivity index is 2.46. The number of aromatic amines is 1. The summed E-state index contributed by atoms with van der Waals surface area (Å²) in [6, 6.07) is 5.04. The first-order valence-electron chi connectivity index (χ1n) is 5.84. The predicted molar refractivity (Wildman–Crippen MR) is 69.7 cm³/mol. The van der Waals surface area contributed by atoms with E-state index in [4.69, 9.17) is 5.73 Å². The van der Waals surface area contributed by atoms with E-state index in [0.717, 1.165) is 5.52 Å². The van der Waals surface area contributed by atoms with Gasteiger partial charge < -0.3 is 25.7 Å². The SMILES string of the molecule is COC(=O)c1c[nH]c2ccc(C(O)C(O)CN)cc12. The van der Waals surface area contributed by atoms with E-state index >= 15 is 0 Å². The lowest BCUT2D eigenvalue weighted by Gasteiger charge is -2.16. The average Bonchev–Trinajstić information content (AvgIpc) is 2.87. The normalized spacial score (nSPS) is 14.3. The molecule has 0 bridgehead atoms. The molecule has 0 amide bonds. The van der Waals surface area contributed by atoms with E-state index in [-0.39, 0.29) is 6.54 Å². The van der Waals surface area contributed by atoms with Crippen molar-refractivity contribution in [1.29, 1.82) is 0 Å². The highest BCUT2D eigenvalue weighted by atomic mass is 16.5. The van der Waals surface area contributed by atoms with Gasteiger partial charge in [-0.1, -0.05) is 6.07 Å². The third-order valence-electron chi connectivity index (χ3n) is 3.06. The Bertz CT molecular complexity index is 593. The molecule has 6 nitrogen and oxygen atoms in total. The minimum atomic E-state index is -1.09. The van der Waals surface area contributed by atoms with Gasteiger partial charge in [0, 0.05) is 23.6 Å². The summed E-state index contributed by atoms with van der Waals surface area (Å²) >= 11 is 0. The second-order valence-corrected chi connectivity index (χ2v) is 4.25. The zero-order valence-electron chi connectivity index (χ0n) is 10.5. The number of rotatable bonds is 4. The van der Waals surface area contributed by atoms with Crippen LogP contribution in [0.4, 0.5) is 0 Å². The van der Waals surface area contributed by atoms with Crippen LogP contribution in [0.25, 0.3) is 10.9 Å². The van der Waals surface area contributed by atoms with Gasteiger partial charge >= 0.3 is 5.97 Å². The average molecular weight is 264 g/mol. The number of ether oxygens (including phenoxy) is 1. The van der Waals surface area contributed by atoms with Crippen molar-refractivity contribution in [3.05, 3.63) is 35.5 Å². The molecule has 0 aliphatic carbocycles. The summed E-state index contributed by atoms with van der Waals surface area (Å²) in [5.74, 6) is -0.461. The molecule has 6 heteroatoms. The smallest absolute Gasteiger partial charge is 0.340 e. The van der Waals surface area contributed by atoms with Gasteiger partial charge in [-0.15, -0.1) is 0 Å². The molecular formula is C13H16N2O4. The quantitative estimate of drug-likeness (QED) is 0.594. The topological polar surface area (TPSA) is 109 Å². The van der Waals surface area contributed by atoms with Crippen molar-refractivity contribution in [3.8, 4) is 0 Å². The molecular weight excluding hydrogens is 248 g/mol. The second-order valence-electron chi connectivity index (χ2n) is 4.25. The van der Waals surface area contributed by atoms with Gasteiger partial charge in [-0.3, -0.25) is 0 Å². The van der Waals surface area contributed by atoms with Gasteiger partial charge in [-0.05, 0) is 17.7 Å². The van der Waals surface area contributed by atoms with Gasteiger partial charge in [-0.2, -0.15) is 0 Å². The summed E-state index contributed by atoms with van der Waals surface area (Å²) in [7, 11) is 1.30. The lowest BCUT2D eigenvalue weighted by atomic mass is 10.0. The first kappa shape index (κ1) is 13.5. The van der Waals surface area contributed by atoms with E-state index in [9.17, 15) is 15.0 Å². The number of hydrogen-bond acceptors (Lipinski definition) is 5. The van der Waals surface area contributed by atoms with Gasteiger partial charge in [0.15, 0.2) is 0 Å². The molecule has 2 aromatic rings. The molecule has 5 N–H and O–H groups in total. The molecule has 1 aromatic heterocycles. The van der Waals surface area contributed by atoms with E-state index < -0.39 is 18.2 Å². The number of benzene rings is 1. The lowest BCUT2D eigenvalue weighted by molar-refractivity contribution is 0.0244. The van der Waals surface area contributed by atoms with Crippen molar-refractivity contribution in [2.24, 2.45) is 5.73 Å². The third-order valence-corrected chi connectivity index (χ3v) is 3.06. The molecule has 0 radical (unpaired) electrons. The summed E-state index contributed by atoms with van der Waals surface area (Å²) in [5.41, 5.74) is 6.94. The maximum absolute atomic E-state index is 11.6. The molecule has 1 aromatic carbocycles. The zero-order valence-corrected chi connectivity index (χ0v) is 10.5. The molecule has 2 rings (SSSR count). The van der Waals surface area contributed by atoms with Crippen LogP contribution in [0, 0.1) is 0 Å². The monoisotopic (exact) mass is 264 g/mol. The van der Waals surface area contributed by atoms with Crippen LogP contribution in [-0.2, 0) is 4.74 Å². The van der Waals surface area contributed by atoms with Crippen LogP contribution in [0.3, 0.4) is 0 Å². The highest BCUT2D eigenvalue weighted by Gasteiger charge is 2.19. The van der Waals surface area contributed by atoms with Crippen molar-refractivity contribution >= 4 is 16.9 Å². The number of hydrogen-bond donors (Lipinski definition) is 4. The number of nitrogens with two attached hydrogens (primary N) is 1. The summed E-state index contributed by atoms with van der Waals surface area (Å²) in [5, 5.41) is 20.1. The number of esters is 1. The number of aromatic nitrogens is 1. The number of carbonyl (C=O) groups excluding carboxylic acids is 1. The van der Waals surface area contributed by atoms with Crippen LogP contribution in [0.15, 0.2) is 24.4 Å². The largest absolute Gasteiger partial charge is 0.465 e. The maximum atomic E-state index is 11.6. The fourth-order valence-corrected chi connectivity index (χ4v) is 1.95. The van der Waals surface area contributed by atoms with Crippen LogP contribution >= 0.6 is 0 Å². The number of aliphatic hydroxyl groups is 2. The van der Waals surface area contributed by atoms with Gasteiger partial charge in [0.05, 0.1) is 18.8 Å². The van der Waals surface area contributed by atoms with Crippen LogP contribution in [0.5, 0.6) is 0 Å². The lowest BCUT2D eigenvalue weighted by Crippen LogP contribution is -2.27. The molecule has 0 saturated heterocycles. The Kier molecular flexibility index (Phi) is 3.84. The minimum absolute atomic E-state index is 0.0454. The first-order valence-corrected chi connectivity index (χ1v) is 5.84. The Morgan fingerprint density at radius 3 is 2.84 bits per heavy atom. The van der Waals surface area contributed by atoms with Gasteiger partial charge in [0.25, 0.3) is 0 Å². The third kappa shape index (κ3) is 2.46. The van der Waals surface area contributed by atoms with Crippen LogP contribution in [0.1, 0.15) is 22.0 Å². The van der Waals surface area contributed by atoms with E-state index in [2.05, 4.69) is 9.72 Å². The summed E-state index contributed by atoms with van der Waals surface area (Å²) < 4.78 is 4.68. The molecule has 0 fully saturated rings. The number of carbonyl (C=O) groups is 1. The highest BCUT2D eigenvalue weighted by molar-refractivity contribution is 6.04. The maximum Gasteiger partial charge on any atom is 0.340 e. The first-order chi connectivity index (χ1) is 9.08. The molecule has 0 saturated carbocycles. The number of H-pyrrole nitrogens is 1. The Morgan fingerprint density at radius 2 is 2.21 bits per heavy atom. The molecule has 102 valence electrons. The summed E-state index contributed by atoms with van der Waals surface area (Å²) in [4.78, 5) is 14.5. The molecule has 0 spiro atoms. The Labute approximate surface area is 109 Å². The number of methoxy groups -OCH3 is 1. The number of nitrogens with one attached hydrogen (secondary N) is 1. The van der Waals surface area contributed by atoms with Crippen LogP contribution in [0.2, 0.25) is 0 Å². The molecule has 2 atom stereocenters. The predicted octanol–water partition coefficient (Wildman–Crippen LogP) is 0.307. The number of fused-ring (bicyclic) bond motifs is 1. The molecule has 0 aliphatic rings. The van der Waals surface area contributed by atoms with Gasteiger partial charge in [0.2, 0.25) is 0 Å². The Morgan fingerprint density at radius 1 is 1.47 bits per heavy atom. The van der Waals surface area contributed by atoms with E-state index in [1.165, 1.54) is 7.11 Å². The van der Waals surface area contributed by atoms with Crippen molar-refractivity contribution in [2.45, 2.75) is 12.2 Å². The van der Waals surface area contributed by atoms with Crippen molar-refractivity contribution in [2.75, 3.05) is 13.7 Å². The van der Waals surface area contributed by atoms with Crippen molar-refractivity contribution in [1.82, 2.24) is 4.98 Å². The molecule has 19 heavy (non-hydrogen) atoms. The molecule has 0 aliphatic heterocycles. The molecule has 1 heterocycles. The van der Waals surface area contributed by atoms with Gasteiger partial charge in [0.1, 0.15) is 6.10 Å². The van der Waals surface area contributed by atoms with E-state index in [0.29, 0.717) is 16.5 Å². The Hall–Kier alpha value is -1.89. The fraction of sp³-hybridized carbons (Fsp3) is 0.308. The van der Waals surface area contributed by atoms with Crippen LogP contribution in [-0.4, -0.2) is 40.9 Å². The van der Waals surface area contributed by atoms with Crippen molar-refractivity contribution in [3.63, 3.8) is 0 Å². The van der Waals surface area contributed by atoms with Gasteiger partial charge in [-0.25, -0.2) is 4.79 Å². The minimum Gasteiger partial charge on any atom is -0.465 e. The van der Waals surface area contributed by atoms with Crippen molar-refractivity contribution < 1.29 is 19.7 Å². The summed E-state index contributed by atoms with van der Waals surface area (Å²) in [6.45, 7) is -0.0454. The molecule has 2 unspecified atom stereocenters. The standard InChI is InChI=1S/C13H16N2O4/c1-19-13(18)9-6-15-10-3-2-7(4-8(9)10)12(17)11(16)5-14/h2-4,6,11-12,15-17H,5,14H2,1H3. The summed E-state index contributed by atoms with van der Waals surface area (Å²) in [6.07, 6.45) is -0.584. The van der Waals surface area contributed by atoms with E-state index in [1.54, 1.807) is 24.4 Å². The second kappa shape index (κ2) is 5.40. The zero-order chi connectivity index (χ0) is 14.0. The van der Waals surface area contributed by atoms with E-state index in [1.807, 2.05) is 0 Å². The van der Waals surface area contributed by atoms with Crippen LogP contribution < -0.4 is 5.73 Å². The fourth-order valence-electron chi connectivity index (χ4n) is 1.95. The number of aliphatic hydroxyl groups excluding tert-OH is 2.